The number of benzene rings is 1. The van der Waals surface area contributed by atoms with Crippen LogP contribution in [0, 0.1) is 0 Å². The van der Waals surface area contributed by atoms with Crippen molar-refractivity contribution >= 4 is 16.1 Å². The van der Waals surface area contributed by atoms with Gasteiger partial charge < -0.3 is 19.7 Å². The largest absolute Gasteiger partial charge is 0.454 e. The van der Waals surface area contributed by atoms with E-state index in [9.17, 15) is 13.2 Å². The molecule has 2 aliphatic rings. The minimum absolute atomic E-state index is 0.0976. The van der Waals surface area contributed by atoms with Crippen molar-refractivity contribution in [2.24, 2.45) is 0 Å². The summed E-state index contributed by atoms with van der Waals surface area (Å²) in [6.45, 7) is 7.04. The highest BCUT2D eigenvalue weighted by Crippen LogP contribution is 2.34. The van der Waals surface area contributed by atoms with Crippen molar-refractivity contribution in [3.05, 3.63) is 18.2 Å². The zero-order valence-electron chi connectivity index (χ0n) is 14.6. The number of fused-ring (bicyclic) bond motifs is 1. The van der Waals surface area contributed by atoms with E-state index in [1.165, 1.54) is 16.4 Å². The maximum Gasteiger partial charge on any atom is 0.317 e. The molecule has 0 aromatic heterocycles. The number of hydrogen-bond acceptors (Lipinski definition) is 5. The molecule has 1 saturated heterocycles. The Labute approximate surface area is 147 Å². The van der Waals surface area contributed by atoms with Gasteiger partial charge in [-0.3, -0.25) is 0 Å². The molecule has 138 valence electrons. The normalized spacial score (nSPS) is 18.3. The van der Waals surface area contributed by atoms with Crippen LogP contribution in [-0.2, 0) is 10.0 Å². The number of urea groups is 1. The van der Waals surface area contributed by atoms with Gasteiger partial charge in [0.2, 0.25) is 16.8 Å². The van der Waals surface area contributed by atoms with Crippen LogP contribution in [0.25, 0.3) is 0 Å². The molecule has 2 amide bonds. The number of sulfonamides is 1. The first-order chi connectivity index (χ1) is 11.7. The smallest absolute Gasteiger partial charge is 0.317 e. The van der Waals surface area contributed by atoms with Gasteiger partial charge in [0.05, 0.1) is 4.90 Å². The number of amides is 2. The summed E-state index contributed by atoms with van der Waals surface area (Å²) < 4.78 is 37.5. The van der Waals surface area contributed by atoms with Crippen LogP contribution >= 0.6 is 0 Å². The van der Waals surface area contributed by atoms with Crippen LogP contribution in [0.4, 0.5) is 4.79 Å². The topological polar surface area (TPSA) is 88.2 Å². The standard InChI is InChI=1S/C16H23N3O5S/c1-16(2,3)17-15(20)18-6-8-19(9-7-18)25(21,22)12-4-5-13-14(10-12)24-11-23-13/h4-5,10H,6-9,11H2,1-3H3,(H,17,20). The Balaban J connectivity index is 1.67. The van der Waals surface area contributed by atoms with Crippen molar-refractivity contribution in [3.8, 4) is 11.5 Å². The van der Waals surface area contributed by atoms with Gasteiger partial charge in [0, 0.05) is 37.8 Å². The maximum absolute atomic E-state index is 12.8. The molecule has 0 bridgehead atoms. The third-order valence-electron chi connectivity index (χ3n) is 3.99. The van der Waals surface area contributed by atoms with Crippen LogP contribution in [-0.4, -0.2) is 62.2 Å². The second-order valence-electron chi connectivity index (χ2n) is 7.09. The fourth-order valence-electron chi connectivity index (χ4n) is 2.72. The molecule has 2 heterocycles. The van der Waals surface area contributed by atoms with E-state index >= 15 is 0 Å². The van der Waals surface area contributed by atoms with Crippen LogP contribution in [0.1, 0.15) is 20.8 Å². The van der Waals surface area contributed by atoms with Gasteiger partial charge in [-0.2, -0.15) is 4.31 Å². The summed E-state index contributed by atoms with van der Waals surface area (Å²) in [7, 11) is -3.63. The van der Waals surface area contributed by atoms with E-state index in [-0.39, 0.29) is 36.3 Å². The van der Waals surface area contributed by atoms with Gasteiger partial charge in [-0.1, -0.05) is 0 Å². The van der Waals surface area contributed by atoms with E-state index in [4.69, 9.17) is 9.47 Å². The molecule has 1 aromatic rings. The Morgan fingerprint density at radius 1 is 1.08 bits per heavy atom. The summed E-state index contributed by atoms with van der Waals surface area (Å²) >= 11 is 0. The Hall–Kier alpha value is -2.00. The summed E-state index contributed by atoms with van der Waals surface area (Å²) in [5.74, 6) is 0.979. The predicted octanol–water partition coefficient (Wildman–Crippen LogP) is 1.23. The van der Waals surface area contributed by atoms with Crippen LogP contribution in [0.3, 0.4) is 0 Å². The lowest BCUT2D eigenvalue weighted by Crippen LogP contribution is -2.55. The van der Waals surface area contributed by atoms with E-state index in [1.807, 2.05) is 20.8 Å². The second-order valence-corrected chi connectivity index (χ2v) is 9.02. The number of nitrogens with zero attached hydrogens (tertiary/aromatic N) is 2. The Morgan fingerprint density at radius 2 is 1.72 bits per heavy atom. The molecule has 9 heteroatoms. The summed E-state index contributed by atoms with van der Waals surface area (Å²) in [6, 6.07) is 4.42. The van der Waals surface area contributed by atoms with E-state index in [0.29, 0.717) is 24.6 Å². The number of piperazine rings is 1. The van der Waals surface area contributed by atoms with Crippen molar-refractivity contribution in [1.82, 2.24) is 14.5 Å². The molecular weight excluding hydrogens is 346 g/mol. The number of rotatable bonds is 2. The zero-order valence-corrected chi connectivity index (χ0v) is 15.4. The quantitative estimate of drug-likeness (QED) is 0.847. The molecule has 0 spiro atoms. The van der Waals surface area contributed by atoms with Crippen LogP contribution < -0.4 is 14.8 Å². The summed E-state index contributed by atoms with van der Waals surface area (Å²) in [6.07, 6.45) is 0. The zero-order chi connectivity index (χ0) is 18.2. The van der Waals surface area contributed by atoms with E-state index in [0.717, 1.165) is 0 Å². The Kier molecular flexibility index (Phi) is 4.54. The maximum atomic E-state index is 12.8. The lowest BCUT2D eigenvalue weighted by Gasteiger charge is -2.35. The molecule has 0 atom stereocenters. The lowest BCUT2D eigenvalue weighted by atomic mass is 10.1. The van der Waals surface area contributed by atoms with Gasteiger partial charge in [-0.25, -0.2) is 13.2 Å². The molecule has 8 nitrogen and oxygen atoms in total. The first-order valence-corrected chi connectivity index (χ1v) is 9.58. The molecule has 1 aromatic carbocycles. The van der Waals surface area contributed by atoms with Gasteiger partial charge in [0.1, 0.15) is 0 Å². The lowest BCUT2D eigenvalue weighted by molar-refractivity contribution is 0.165. The highest BCUT2D eigenvalue weighted by molar-refractivity contribution is 7.89. The van der Waals surface area contributed by atoms with Gasteiger partial charge in [0.15, 0.2) is 11.5 Å². The Bertz CT molecular complexity index is 764. The Morgan fingerprint density at radius 3 is 2.36 bits per heavy atom. The van der Waals surface area contributed by atoms with Crippen LogP contribution in [0.2, 0.25) is 0 Å². The third kappa shape index (κ3) is 3.82. The number of carbonyl (C=O) groups excluding carboxylic acids is 1. The highest BCUT2D eigenvalue weighted by Gasteiger charge is 2.32. The van der Waals surface area contributed by atoms with Gasteiger partial charge in [-0.15, -0.1) is 0 Å². The molecule has 0 saturated carbocycles. The third-order valence-corrected chi connectivity index (χ3v) is 5.88. The minimum atomic E-state index is -3.63. The van der Waals surface area contributed by atoms with Gasteiger partial charge >= 0.3 is 6.03 Å². The summed E-state index contributed by atoms with van der Waals surface area (Å²) in [5.41, 5.74) is -0.327. The predicted molar refractivity (Wildman–Crippen MR) is 91.2 cm³/mol. The van der Waals surface area contributed by atoms with E-state index in [2.05, 4.69) is 5.32 Å². The van der Waals surface area contributed by atoms with Crippen molar-refractivity contribution < 1.29 is 22.7 Å². The van der Waals surface area contributed by atoms with E-state index < -0.39 is 10.0 Å². The number of carbonyl (C=O) groups is 1. The first kappa shape index (κ1) is 17.8. The van der Waals surface area contributed by atoms with Gasteiger partial charge in [0.25, 0.3) is 0 Å². The molecular formula is C16H23N3O5S. The van der Waals surface area contributed by atoms with Crippen molar-refractivity contribution in [2.75, 3.05) is 33.0 Å². The molecule has 0 unspecified atom stereocenters. The molecule has 3 rings (SSSR count). The highest BCUT2D eigenvalue weighted by atomic mass is 32.2. The van der Waals surface area contributed by atoms with Crippen molar-refractivity contribution in [3.63, 3.8) is 0 Å². The fourth-order valence-corrected chi connectivity index (χ4v) is 4.16. The molecule has 1 N–H and O–H groups in total. The SMILES string of the molecule is CC(C)(C)NC(=O)N1CCN(S(=O)(=O)c2ccc3c(c2)OCO3)CC1. The monoisotopic (exact) mass is 369 g/mol. The second kappa shape index (κ2) is 6.38. The summed E-state index contributed by atoms with van der Waals surface area (Å²) in [4.78, 5) is 14.0. The minimum Gasteiger partial charge on any atom is -0.454 e. The van der Waals surface area contributed by atoms with Crippen LogP contribution in [0.15, 0.2) is 23.1 Å². The fraction of sp³-hybridized carbons (Fsp3) is 0.562. The molecule has 1 fully saturated rings. The first-order valence-electron chi connectivity index (χ1n) is 8.14. The van der Waals surface area contributed by atoms with Crippen molar-refractivity contribution in [2.45, 2.75) is 31.2 Å². The molecule has 0 aliphatic carbocycles. The van der Waals surface area contributed by atoms with E-state index in [1.54, 1.807) is 11.0 Å². The average Bonchev–Trinajstić information content (AvgIpc) is 3.01. The van der Waals surface area contributed by atoms with Crippen molar-refractivity contribution in [1.29, 1.82) is 0 Å². The number of nitrogens with one attached hydrogen (secondary N) is 1. The molecule has 0 radical (unpaired) electrons. The molecule has 25 heavy (non-hydrogen) atoms. The van der Waals surface area contributed by atoms with Crippen LogP contribution in [0.5, 0.6) is 11.5 Å². The molecule has 2 aliphatic heterocycles. The summed E-state index contributed by atoms with van der Waals surface area (Å²) in [5, 5.41) is 2.89. The average molecular weight is 369 g/mol. The number of ether oxygens (including phenoxy) is 2. The van der Waals surface area contributed by atoms with Gasteiger partial charge in [-0.05, 0) is 32.9 Å². The number of hydrogen-bond donors (Lipinski definition) is 1.